The minimum atomic E-state index is -0.439. The molecule has 0 unspecified atom stereocenters. The van der Waals surface area contributed by atoms with Gasteiger partial charge in [0.25, 0.3) is 11.6 Å². The molecule has 1 amide bonds. The molecule has 9 nitrogen and oxygen atoms in total. The summed E-state index contributed by atoms with van der Waals surface area (Å²) in [5.74, 6) is 1.83. The summed E-state index contributed by atoms with van der Waals surface area (Å²) in [6.07, 6.45) is 1.74. The Morgan fingerprint density at radius 1 is 1.08 bits per heavy atom. The first-order valence-electron chi connectivity index (χ1n) is 11.2. The molecule has 37 heavy (non-hydrogen) atoms. The predicted octanol–water partition coefficient (Wildman–Crippen LogP) is 5.71. The number of hydrogen-bond acceptors (Lipinski definition) is 9. The Labute approximate surface area is 221 Å². The van der Waals surface area contributed by atoms with Gasteiger partial charge in [0.15, 0.2) is 27.3 Å². The Morgan fingerprint density at radius 2 is 1.89 bits per heavy atom. The Balaban J connectivity index is 1.36. The van der Waals surface area contributed by atoms with Gasteiger partial charge in [-0.25, -0.2) is 0 Å². The average molecular weight is 537 g/mol. The lowest BCUT2D eigenvalue weighted by Crippen LogP contribution is -2.27. The van der Waals surface area contributed by atoms with Crippen molar-refractivity contribution in [1.29, 1.82) is 0 Å². The van der Waals surface area contributed by atoms with E-state index in [4.69, 9.17) is 31.2 Å². The van der Waals surface area contributed by atoms with Gasteiger partial charge in [0.05, 0.1) is 27.7 Å². The summed E-state index contributed by atoms with van der Waals surface area (Å²) in [6, 6.07) is 16.9. The summed E-state index contributed by atoms with van der Waals surface area (Å²) in [5, 5.41) is 11.3. The fourth-order valence-electron chi connectivity index (χ4n) is 3.83. The van der Waals surface area contributed by atoms with Crippen molar-refractivity contribution in [3.8, 4) is 23.0 Å². The van der Waals surface area contributed by atoms with Crippen LogP contribution in [0.5, 0.6) is 23.0 Å². The minimum absolute atomic E-state index is 0.00473. The molecule has 1 fully saturated rings. The van der Waals surface area contributed by atoms with E-state index in [-0.39, 0.29) is 25.0 Å². The highest BCUT2D eigenvalue weighted by Gasteiger charge is 2.34. The summed E-state index contributed by atoms with van der Waals surface area (Å²) >= 11 is 6.68. The number of anilines is 1. The van der Waals surface area contributed by atoms with E-state index in [1.807, 2.05) is 6.92 Å². The number of ether oxygens (including phenoxy) is 4. The number of fused-ring (bicyclic) bond motifs is 1. The maximum absolute atomic E-state index is 13.2. The number of nitro groups is 1. The highest BCUT2D eigenvalue weighted by atomic mass is 32.2. The summed E-state index contributed by atoms with van der Waals surface area (Å²) in [6.45, 7) is 2.37. The van der Waals surface area contributed by atoms with Crippen LogP contribution in [0.15, 0.2) is 65.6 Å². The van der Waals surface area contributed by atoms with Crippen LogP contribution in [-0.2, 0) is 11.4 Å². The summed E-state index contributed by atoms with van der Waals surface area (Å²) in [4.78, 5) is 26.0. The first-order chi connectivity index (χ1) is 17.9. The lowest BCUT2D eigenvalue weighted by Gasteiger charge is -2.15. The molecule has 1 saturated heterocycles. The van der Waals surface area contributed by atoms with E-state index in [1.165, 1.54) is 22.7 Å². The number of nitrogens with zero attached hydrogens (tertiary/aromatic N) is 2. The highest BCUT2D eigenvalue weighted by molar-refractivity contribution is 8.27. The second-order valence-corrected chi connectivity index (χ2v) is 9.54. The molecule has 0 atom stereocenters. The number of benzene rings is 3. The number of para-hydroxylation sites is 1. The first kappa shape index (κ1) is 24.6. The van der Waals surface area contributed by atoms with Crippen LogP contribution < -0.4 is 23.8 Å². The number of rotatable bonds is 8. The van der Waals surface area contributed by atoms with Crippen molar-refractivity contribution >= 4 is 51.7 Å². The highest BCUT2D eigenvalue weighted by Crippen LogP contribution is 2.41. The maximum atomic E-state index is 13.2. The van der Waals surface area contributed by atoms with Crippen LogP contribution in [0.2, 0.25) is 0 Å². The zero-order valence-corrected chi connectivity index (χ0v) is 21.2. The normalized spacial score (nSPS) is 15.4. The molecular weight excluding hydrogens is 516 g/mol. The maximum Gasteiger partial charge on any atom is 0.276 e. The topological polar surface area (TPSA) is 100 Å². The van der Waals surface area contributed by atoms with Crippen LogP contribution >= 0.6 is 24.0 Å². The van der Waals surface area contributed by atoms with Gasteiger partial charge in [-0.1, -0.05) is 42.2 Å². The van der Waals surface area contributed by atoms with E-state index in [2.05, 4.69) is 0 Å². The lowest BCUT2D eigenvalue weighted by molar-refractivity contribution is -0.385. The number of carbonyl (C=O) groups excluding carboxylic acids is 1. The number of thiocarbonyl (C=S) groups is 1. The molecule has 11 heteroatoms. The molecule has 0 spiro atoms. The molecule has 3 aromatic carbocycles. The predicted molar refractivity (Wildman–Crippen MR) is 143 cm³/mol. The van der Waals surface area contributed by atoms with Gasteiger partial charge in [-0.3, -0.25) is 19.8 Å². The van der Waals surface area contributed by atoms with Crippen molar-refractivity contribution in [3.05, 3.63) is 86.8 Å². The van der Waals surface area contributed by atoms with Gasteiger partial charge < -0.3 is 18.9 Å². The minimum Gasteiger partial charge on any atom is -0.490 e. The van der Waals surface area contributed by atoms with Gasteiger partial charge >= 0.3 is 0 Å². The number of carbonyl (C=O) groups is 1. The molecule has 2 heterocycles. The third kappa shape index (κ3) is 5.09. The molecule has 3 aromatic rings. The molecular formula is C26H20N2O7S2. The van der Waals surface area contributed by atoms with E-state index < -0.39 is 4.92 Å². The second-order valence-electron chi connectivity index (χ2n) is 7.87. The number of amides is 1. The molecule has 0 saturated carbocycles. The van der Waals surface area contributed by atoms with E-state index in [0.717, 1.165) is 0 Å². The summed E-state index contributed by atoms with van der Waals surface area (Å²) < 4.78 is 22.8. The van der Waals surface area contributed by atoms with Crippen molar-refractivity contribution < 1.29 is 28.7 Å². The fraction of sp³-hybridized carbons (Fsp3) is 0.154. The number of nitro benzene ring substituents is 1. The molecule has 2 aliphatic heterocycles. The first-order valence-corrected chi connectivity index (χ1v) is 12.5. The van der Waals surface area contributed by atoms with E-state index in [9.17, 15) is 14.9 Å². The van der Waals surface area contributed by atoms with Gasteiger partial charge in [0.2, 0.25) is 6.79 Å². The Hall–Kier alpha value is -4.09. The van der Waals surface area contributed by atoms with E-state index in [0.29, 0.717) is 55.6 Å². The number of hydrogen-bond donors (Lipinski definition) is 0. The van der Waals surface area contributed by atoms with Crippen molar-refractivity contribution in [3.63, 3.8) is 0 Å². The summed E-state index contributed by atoms with van der Waals surface area (Å²) in [5.41, 5.74) is 1.75. The van der Waals surface area contributed by atoms with Crippen LogP contribution in [0.25, 0.3) is 6.08 Å². The van der Waals surface area contributed by atoms with Crippen molar-refractivity contribution in [2.45, 2.75) is 13.5 Å². The quantitative estimate of drug-likeness (QED) is 0.155. The van der Waals surface area contributed by atoms with Crippen molar-refractivity contribution in [2.75, 3.05) is 18.3 Å². The van der Waals surface area contributed by atoms with Crippen LogP contribution in [0.3, 0.4) is 0 Å². The largest absolute Gasteiger partial charge is 0.490 e. The van der Waals surface area contributed by atoms with E-state index in [1.54, 1.807) is 60.7 Å². The SMILES string of the molecule is CCOc1cc(/C=C2/SC(=S)N(c3ccc4c(c3)OCO4)C2=O)ccc1OCc1ccccc1[N+](=O)[O-]. The molecule has 0 aliphatic carbocycles. The van der Waals surface area contributed by atoms with Crippen molar-refractivity contribution in [2.24, 2.45) is 0 Å². The second kappa shape index (κ2) is 10.5. The van der Waals surface area contributed by atoms with Crippen LogP contribution in [0, 0.1) is 10.1 Å². The smallest absolute Gasteiger partial charge is 0.276 e. The average Bonchev–Trinajstić information content (AvgIpc) is 3.46. The van der Waals surface area contributed by atoms with Crippen molar-refractivity contribution in [1.82, 2.24) is 0 Å². The molecule has 0 bridgehead atoms. The van der Waals surface area contributed by atoms with Gasteiger partial charge in [0, 0.05) is 12.1 Å². The molecule has 0 radical (unpaired) electrons. The zero-order chi connectivity index (χ0) is 25.9. The van der Waals surface area contributed by atoms with Gasteiger partial charge in [-0.2, -0.15) is 0 Å². The fourth-order valence-corrected chi connectivity index (χ4v) is 5.13. The van der Waals surface area contributed by atoms with Crippen LogP contribution in [-0.4, -0.2) is 28.6 Å². The Morgan fingerprint density at radius 3 is 2.70 bits per heavy atom. The molecule has 2 aliphatic rings. The number of thioether (sulfide) groups is 1. The Bertz CT molecular complexity index is 1440. The van der Waals surface area contributed by atoms with Crippen LogP contribution in [0.4, 0.5) is 11.4 Å². The molecule has 188 valence electrons. The molecule has 0 N–H and O–H groups in total. The molecule has 5 rings (SSSR count). The third-order valence-electron chi connectivity index (χ3n) is 5.54. The van der Waals surface area contributed by atoms with Gasteiger partial charge in [-0.05, 0) is 48.9 Å². The van der Waals surface area contributed by atoms with Gasteiger partial charge in [0.1, 0.15) is 6.61 Å². The summed E-state index contributed by atoms with van der Waals surface area (Å²) in [7, 11) is 0. The molecule has 0 aromatic heterocycles. The standard InChI is InChI=1S/C26H20N2O7S2/c1-2-32-22-11-16(7-9-20(22)33-14-17-5-3-4-6-19(17)28(30)31)12-24-25(29)27(26(36)37-24)18-8-10-21-23(13-18)35-15-34-21/h3-13H,2,14-15H2,1H3/b24-12+. The lowest BCUT2D eigenvalue weighted by atomic mass is 10.1. The zero-order valence-electron chi connectivity index (χ0n) is 19.5. The Kier molecular flexibility index (Phi) is 6.97. The monoisotopic (exact) mass is 536 g/mol. The third-order valence-corrected chi connectivity index (χ3v) is 6.85. The van der Waals surface area contributed by atoms with E-state index >= 15 is 0 Å². The van der Waals surface area contributed by atoms with Crippen LogP contribution in [0.1, 0.15) is 18.1 Å². The van der Waals surface area contributed by atoms with Gasteiger partial charge in [-0.15, -0.1) is 0 Å².